The molecule has 0 saturated carbocycles. The van der Waals surface area contributed by atoms with Gasteiger partial charge in [-0.2, -0.15) is 0 Å². The van der Waals surface area contributed by atoms with Crippen LogP contribution in [0.3, 0.4) is 0 Å². The predicted molar refractivity (Wildman–Crippen MR) is 55.4 cm³/mol. The average molecular weight is 218 g/mol. The Labute approximate surface area is 91.5 Å². The van der Waals surface area contributed by atoms with Crippen molar-refractivity contribution in [3.8, 4) is 0 Å². The molecule has 2 heterocycles. The molecule has 1 N–H and O–H groups in total. The molecule has 7 heteroatoms. The van der Waals surface area contributed by atoms with E-state index in [4.69, 9.17) is 0 Å². The van der Waals surface area contributed by atoms with E-state index in [1.165, 1.54) is 11.0 Å². The van der Waals surface area contributed by atoms with Crippen molar-refractivity contribution in [2.24, 2.45) is 0 Å². The first kappa shape index (κ1) is 10.2. The minimum Gasteiger partial charge on any atom is -0.309 e. The van der Waals surface area contributed by atoms with Gasteiger partial charge in [-0.1, -0.05) is 6.07 Å². The van der Waals surface area contributed by atoms with Crippen molar-refractivity contribution in [1.29, 1.82) is 0 Å². The van der Waals surface area contributed by atoms with Crippen LogP contribution in [0.5, 0.6) is 0 Å². The van der Waals surface area contributed by atoms with E-state index in [1.807, 2.05) is 13.0 Å². The molecule has 0 aliphatic rings. The molecule has 2 rings (SSSR count). The minimum absolute atomic E-state index is 0.0720. The zero-order valence-electron chi connectivity index (χ0n) is 8.66. The molecule has 16 heavy (non-hydrogen) atoms. The molecule has 0 spiro atoms. The number of pyridine rings is 1. The monoisotopic (exact) mass is 218 g/mol. The molecule has 0 bridgehead atoms. The van der Waals surface area contributed by atoms with E-state index in [0.29, 0.717) is 5.82 Å². The Balaban J connectivity index is 1.95. The normalized spacial score (nSPS) is 10.1. The van der Waals surface area contributed by atoms with E-state index in [9.17, 15) is 4.79 Å². The van der Waals surface area contributed by atoms with Gasteiger partial charge in [0.2, 0.25) is 5.91 Å². The lowest BCUT2D eigenvalue weighted by Crippen LogP contribution is -2.19. The second-order valence-corrected chi connectivity index (χ2v) is 3.28. The second-order valence-electron chi connectivity index (χ2n) is 3.28. The van der Waals surface area contributed by atoms with Gasteiger partial charge in [0.05, 0.1) is 0 Å². The summed E-state index contributed by atoms with van der Waals surface area (Å²) in [5, 5.41) is 13.1. The van der Waals surface area contributed by atoms with Gasteiger partial charge in [-0.15, -0.1) is 5.10 Å². The van der Waals surface area contributed by atoms with E-state index in [2.05, 4.69) is 25.8 Å². The zero-order chi connectivity index (χ0) is 11.4. The number of nitrogens with zero attached hydrogens (tertiary/aromatic N) is 5. The summed E-state index contributed by atoms with van der Waals surface area (Å²) < 4.78 is 1.34. The van der Waals surface area contributed by atoms with Gasteiger partial charge in [-0.05, 0) is 29.0 Å². The van der Waals surface area contributed by atoms with Crippen LogP contribution < -0.4 is 5.32 Å². The fraction of sp³-hybridized carbons (Fsp3) is 0.222. The van der Waals surface area contributed by atoms with Gasteiger partial charge in [0.15, 0.2) is 0 Å². The van der Waals surface area contributed by atoms with Gasteiger partial charge < -0.3 is 5.32 Å². The predicted octanol–water partition coefficient (Wildman–Crippen LogP) is 0.0152. The first-order valence-electron chi connectivity index (χ1n) is 4.67. The molecule has 0 unspecified atom stereocenters. The van der Waals surface area contributed by atoms with Crippen LogP contribution in [0, 0.1) is 6.92 Å². The molecule has 2 aromatic rings. The lowest BCUT2D eigenvalue weighted by molar-refractivity contribution is -0.116. The number of amides is 1. The summed E-state index contributed by atoms with van der Waals surface area (Å²) in [5.41, 5.74) is 1.04. The summed E-state index contributed by atoms with van der Waals surface area (Å²) in [7, 11) is 0. The van der Waals surface area contributed by atoms with Crippen LogP contribution in [0.25, 0.3) is 0 Å². The third-order valence-corrected chi connectivity index (χ3v) is 1.88. The van der Waals surface area contributed by atoms with Crippen LogP contribution in [0.15, 0.2) is 24.7 Å². The highest BCUT2D eigenvalue weighted by molar-refractivity contribution is 5.89. The fourth-order valence-corrected chi connectivity index (χ4v) is 1.12. The maximum absolute atomic E-state index is 11.5. The summed E-state index contributed by atoms with van der Waals surface area (Å²) >= 11 is 0. The number of carbonyl (C=O) groups excluding carboxylic acids is 1. The SMILES string of the molecule is Cc1ccc(NC(=O)Cn2cnnn2)nc1. The Morgan fingerprint density at radius 1 is 1.50 bits per heavy atom. The molecular weight excluding hydrogens is 208 g/mol. The average Bonchev–Trinajstić information content (AvgIpc) is 2.74. The molecule has 0 aliphatic heterocycles. The smallest absolute Gasteiger partial charge is 0.247 e. The maximum atomic E-state index is 11.5. The van der Waals surface area contributed by atoms with Crippen molar-refractivity contribution < 1.29 is 4.79 Å². The highest BCUT2D eigenvalue weighted by atomic mass is 16.2. The topological polar surface area (TPSA) is 85.6 Å². The highest BCUT2D eigenvalue weighted by Crippen LogP contribution is 2.03. The number of rotatable bonds is 3. The van der Waals surface area contributed by atoms with Crippen molar-refractivity contribution in [3.63, 3.8) is 0 Å². The summed E-state index contributed by atoms with van der Waals surface area (Å²) in [6.45, 7) is 2.00. The summed E-state index contributed by atoms with van der Waals surface area (Å²) in [4.78, 5) is 15.6. The molecule has 0 fully saturated rings. The van der Waals surface area contributed by atoms with E-state index in [-0.39, 0.29) is 12.5 Å². The fourth-order valence-electron chi connectivity index (χ4n) is 1.12. The Morgan fingerprint density at radius 3 is 3.00 bits per heavy atom. The highest BCUT2D eigenvalue weighted by Gasteiger charge is 2.04. The molecule has 82 valence electrons. The van der Waals surface area contributed by atoms with E-state index >= 15 is 0 Å². The Hall–Kier alpha value is -2.31. The van der Waals surface area contributed by atoms with Gasteiger partial charge in [0.1, 0.15) is 18.7 Å². The quantitative estimate of drug-likeness (QED) is 0.784. The molecule has 7 nitrogen and oxygen atoms in total. The van der Waals surface area contributed by atoms with Gasteiger partial charge in [-0.25, -0.2) is 9.67 Å². The minimum atomic E-state index is -0.219. The van der Waals surface area contributed by atoms with Gasteiger partial charge in [-0.3, -0.25) is 4.79 Å². The van der Waals surface area contributed by atoms with Crippen molar-refractivity contribution in [2.45, 2.75) is 13.5 Å². The number of carbonyl (C=O) groups is 1. The molecule has 0 saturated heterocycles. The number of hydrogen-bond acceptors (Lipinski definition) is 5. The molecule has 2 aromatic heterocycles. The van der Waals surface area contributed by atoms with E-state index < -0.39 is 0 Å². The van der Waals surface area contributed by atoms with E-state index in [0.717, 1.165) is 5.56 Å². The number of aromatic nitrogens is 5. The molecule has 1 amide bonds. The number of hydrogen-bond donors (Lipinski definition) is 1. The largest absolute Gasteiger partial charge is 0.309 e. The maximum Gasteiger partial charge on any atom is 0.247 e. The third-order valence-electron chi connectivity index (χ3n) is 1.88. The number of aryl methyl sites for hydroxylation is 1. The summed E-state index contributed by atoms with van der Waals surface area (Å²) in [6, 6.07) is 3.62. The first-order chi connectivity index (χ1) is 7.74. The van der Waals surface area contributed by atoms with Crippen LogP contribution in [-0.2, 0) is 11.3 Å². The number of anilines is 1. The number of nitrogens with one attached hydrogen (secondary N) is 1. The van der Waals surface area contributed by atoms with E-state index in [1.54, 1.807) is 12.3 Å². The molecule has 0 atom stereocenters. The van der Waals surface area contributed by atoms with Gasteiger partial charge in [0.25, 0.3) is 0 Å². The van der Waals surface area contributed by atoms with Crippen molar-refractivity contribution in [1.82, 2.24) is 25.2 Å². The van der Waals surface area contributed by atoms with Crippen molar-refractivity contribution >= 4 is 11.7 Å². The molecule has 0 aliphatic carbocycles. The standard InChI is InChI=1S/C9H10N6O/c1-7-2-3-8(10-4-7)12-9(16)5-15-6-11-13-14-15/h2-4,6H,5H2,1H3,(H,10,12,16). The Kier molecular flexibility index (Phi) is 2.86. The second kappa shape index (κ2) is 4.47. The molecule has 0 aromatic carbocycles. The van der Waals surface area contributed by atoms with Gasteiger partial charge >= 0.3 is 0 Å². The van der Waals surface area contributed by atoms with Crippen LogP contribution in [-0.4, -0.2) is 31.1 Å². The molecule has 0 radical (unpaired) electrons. The Bertz CT molecular complexity index is 463. The van der Waals surface area contributed by atoms with Crippen molar-refractivity contribution in [3.05, 3.63) is 30.2 Å². The summed E-state index contributed by atoms with van der Waals surface area (Å²) in [6.07, 6.45) is 3.06. The first-order valence-corrected chi connectivity index (χ1v) is 4.67. The summed E-state index contributed by atoms with van der Waals surface area (Å²) in [5.74, 6) is 0.298. The number of tetrazole rings is 1. The Morgan fingerprint density at radius 2 is 2.38 bits per heavy atom. The van der Waals surface area contributed by atoms with Gasteiger partial charge in [0, 0.05) is 6.20 Å². The van der Waals surface area contributed by atoms with Crippen LogP contribution in [0.2, 0.25) is 0 Å². The third kappa shape index (κ3) is 2.59. The van der Waals surface area contributed by atoms with Crippen molar-refractivity contribution in [2.75, 3.05) is 5.32 Å². The lowest BCUT2D eigenvalue weighted by Gasteiger charge is -2.03. The lowest BCUT2D eigenvalue weighted by atomic mass is 10.3. The van der Waals surface area contributed by atoms with Crippen LogP contribution in [0.1, 0.15) is 5.56 Å². The zero-order valence-corrected chi connectivity index (χ0v) is 8.66. The van der Waals surface area contributed by atoms with Crippen LogP contribution >= 0.6 is 0 Å². The molecular formula is C9H10N6O. The van der Waals surface area contributed by atoms with Crippen LogP contribution in [0.4, 0.5) is 5.82 Å².